The predicted molar refractivity (Wildman–Crippen MR) is 90.2 cm³/mol. The maximum absolute atomic E-state index is 4.60. The van der Waals surface area contributed by atoms with E-state index in [1.807, 2.05) is 0 Å². The van der Waals surface area contributed by atoms with E-state index in [-0.39, 0.29) is 5.54 Å². The van der Waals surface area contributed by atoms with Crippen molar-refractivity contribution in [1.82, 2.24) is 15.1 Å². The Hall–Kier alpha value is -0.350. The molecule has 1 aromatic rings. The summed E-state index contributed by atoms with van der Waals surface area (Å²) in [4.78, 5) is 0. The lowest BCUT2D eigenvalue weighted by Gasteiger charge is -2.25. The van der Waals surface area contributed by atoms with Crippen LogP contribution < -0.4 is 5.32 Å². The van der Waals surface area contributed by atoms with Crippen LogP contribution in [0.2, 0.25) is 0 Å². The highest BCUT2D eigenvalue weighted by Crippen LogP contribution is 2.25. The van der Waals surface area contributed by atoms with Gasteiger partial charge in [0.25, 0.3) is 0 Å². The standard InChI is InChI=1S/C16H30BrN3/c1-7-9-13(11-18-16(4,5)6)10-14-15(17)12(3)19-20(14)8-2/h13,18H,7-11H2,1-6H3. The highest BCUT2D eigenvalue weighted by molar-refractivity contribution is 9.10. The van der Waals surface area contributed by atoms with E-state index in [0.717, 1.165) is 25.2 Å². The molecule has 4 heteroatoms. The second kappa shape index (κ2) is 7.60. The van der Waals surface area contributed by atoms with Crippen LogP contribution in [0.5, 0.6) is 0 Å². The molecule has 20 heavy (non-hydrogen) atoms. The molecule has 116 valence electrons. The highest BCUT2D eigenvalue weighted by Gasteiger charge is 2.19. The maximum atomic E-state index is 4.60. The Balaban J connectivity index is 2.79. The molecule has 0 saturated carbocycles. The van der Waals surface area contributed by atoms with Crippen molar-refractivity contribution in [3.63, 3.8) is 0 Å². The fraction of sp³-hybridized carbons (Fsp3) is 0.812. The molecule has 0 bridgehead atoms. The molecule has 1 N–H and O–H groups in total. The number of aryl methyl sites for hydroxylation is 2. The van der Waals surface area contributed by atoms with Crippen molar-refractivity contribution >= 4 is 15.9 Å². The number of rotatable bonds is 7. The van der Waals surface area contributed by atoms with Crippen LogP contribution in [0.25, 0.3) is 0 Å². The molecule has 1 aromatic heterocycles. The van der Waals surface area contributed by atoms with Gasteiger partial charge in [-0.3, -0.25) is 4.68 Å². The Bertz CT molecular complexity index is 418. The molecule has 1 heterocycles. The molecule has 0 aliphatic heterocycles. The van der Waals surface area contributed by atoms with Crippen LogP contribution in [0.15, 0.2) is 4.47 Å². The average molecular weight is 344 g/mol. The van der Waals surface area contributed by atoms with Gasteiger partial charge in [-0.05, 0) is 75.9 Å². The molecular formula is C16H30BrN3. The molecule has 0 aliphatic rings. The molecule has 0 saturated heterocycles. The fourth-order valence-electron chi connectivity index (χ4n) is 2.47. The second-order valence-electron chi connectivity index (χ2n) is 6.65. The molecule has 0 spiro atoms. The van der Waals surface area contributed by atoms with Crippen molar-refractivity contribution in [3.05, 3.63) is 15.9 Å². The summed E-state index contributed by atoms with van der Waals surface area (Å²) >= 11 is 3.71. The Kier molecular flexibility index (Phi) is 6.73. The first-order valence-corrected chi connectivity index (χ1v) is 8.54. The SMILES string of the molecule is CCCC(CNC(C)(C)C)Cc1c(Br)c(C)nn1CC. The third-order valence-electron chi connectivity index (χ3n) is 3.55. The Morgan fingerprint density at radius 2 is 1.95 bits per heavy atom. The molecule has 0 aliphatic carbocycles. The van der Waals surface area contributed by atoms with Gasteiger partial charge in [-0.15, -0.1) is 0 Å². The Morgan fingerprint density at radius 1 is 1.30 bits per heavy atom. The summed E-state index contributed by atoms with van der Waals surface area (Å²) in [5, 5.41) is 8.25. The van der Waals surface area contributed by atoms with Crippen LogP contribution in [0.4, 0.5) is 0 Å². The van der Waals surface area contributed by atoms with Gasteiger partial charge in [-0.2, -0.15) is 5.10 Å². The van der Waals surface area contributed by atoms with Gasteiger partial charge in [0.05, 0.1) is 15.9 Å². The molecule has 0 aromatic carbocycles. The summed E-state index contributed by atoms with van der Waals surface area (Å²) in [6, 6.07) is 0. The number of hydrogen-bond acceptors (Lipinski definition) is 2. The predicted octanol–water partition coefficient (Wildman–Crippen LogP) is 4.32. The lowest BCUT2D eigenvalue weighted by atomic mass is 9.96. The summed E-state index contributed by atoms with van der Waals surface area (Å²) in [5.74, 6) is 0.664. The van der Waals surface area contributed by atoms with E-state index < -0.39 is 0 Å². The Labute approximate surface area is 132 Å². The van der Waals surface area contributed by atoms with Gasteiger partial charge in [0.15, 0.2) is 0 Å². The van der Waals surface area contributed by atoms with Crippen molar-refractivity contribution in [2.45, 2.75) is 72.9 Å². The zero-order valence-electron chi connectivity index (χ0n) is 13.9. The normalized spacial score (nSPS) is 13.8. The van der Waals surface area contributed by atoms with Gasteiger partial charge >= 0.3 is 0 Å². The molecule has 0 amide bonds. The van der Waals surface area contributed by atoms with Gasteiger partial charge in [0, 0.05) is 12.1 Å². The third-order valence-corrected chi connectivity index (χ3v) is 4.58. The van der Waals surface area contributed by atoms with E-state index in [4.69, 9.17) is 0 Å². The molecule has 1 unspecified atom stereocenters. The van der Waals surface area contributed by atoms with E-state index in [9.17, 15) is 0 Å². The molecule has 3 nitrogen and oxygen atoms in total. The Morgan fingerprint density at radius 3 is 2.45 bits per heavy atom. The zero-order valence-corrected chi connectivity index (χ0v) is 15.5. The quantitative estimate of drug-likeness (QED) is 0.798. The first kappa shape index (κ1) is 17.7. The smallest absolute Gasteiger partial charge is 0.0738 e. The van der Waals surface area contributed by atoms with Crippen LogP contribution >= 0.6 is 15.9 Å². The summed E-state index contributed by atoms with van der Waals surface area (Å²) in [5.41, 5.74) is 2.63. The van der Waals surface area contributed by atoms with Crippen molar-refractivity contribution in [3.8, 4) is 0 Å². The van der Waals surface area contributed by atoms with E-state index in [0.29, 0.717) is 5.92 Å². The third kappa shape index (κ3) is 5.21. The number of aromatic nitrogens is 2. The zero-order chi connectivity index (χ0) is 15.3. The lowest BCUT2D eigenvalue weighted by Crippen LogP contribution is -2.39. The molecule has 0 fully saturated rings. The molecule has 0 radical (unpaired) electrons. The minimum Gasteiger partial charge on any atom is -0.312 e. The van der Waals surface area contributed by atoms with E-state index in [2.05, 4.69) is 72.6 Å². The summed E-state index contributed by atoms with van der Waals surface area (Å²) in [7, 11) is 0. The van der Waals surface area contributed by atoms with Crippen molar-refractivity contribution in [2.24, 2.45) is 5.92 Å². The first-order valence-electron chi connectivity index (χ1n) is 7.75. The number of halogens is 1. The summed E-state index contributed by atoms with van der Waals surface area (Å²) in [6.07, 6.45) is 3.57. The van der Waals surface area contributed by atoms with Crippen molar-refractivity contribution in [2.75, 3.05) is 6.54 Å². The van der Waals surface area contributed by atoms with Crippen LogP contribution in [-0.2, 0) is 13.0 Å². The van der Waals surface area contributed by atoms with Gasteiger partial charge < -0.3 is 5.32 Å². The summed E-state index contributed by atoms with van der Waals surface area (Å²) < 4.78 is 3.33. The molecule has 1 atom stereocenters. The van der Waals surface area contributed by atoms with Gasteiger partial charge in [0.1, 0.15) is 0 Å². The number of nitrogens with one attached hydrogen (secondary N) is 1. The van der Waals surface area contributed by atoms with Crippen molar-refractivity contribution in [1.29, 1.82) is 0 Å². The largest absolute Gasteiger partial charge is 0.312 e. The minimum absolute atomic E-state index is 0.185. The van der Waals surface area contributed by atoms with E-state index >= 15 is 0 Å². The summed E-state index contributed by atoms with van der Waals surface area (Å²) in [6.45, 7) is 15.2. The van der Waals surface area contributed by atoms with E-state index in [1.165, 1.54) is 23.0 Å². The molecular weight excluding hydrogens is 314 g/mol. The van der Waals surface area contributed by atoms with Crippen LogP contribution in [0, 0.1) is 12.8 Å². The van der Waals surface area contributed by atoms with Gasteiger partial charge in [-0.25, -0.2) is 0 Å². The molecule has 1 rings (SSSR count). The first-order chi connectivity index (χ1) is 9.28. The van der Waals surface area contributed by atoms with Crippen LogP contribution in [0.3, 0.4) is 0 Å². The van der Waals surface area contributed by atoms with Gasteiger partial charge in [0.2, 0.25) is 0 Å². The lowest BCUT2D eigenvalue weighted by molar-refractivity contribution is 0.350. The second-order valence-corrected chi connectivity index (χ2v) is 7.44. The monoisotopic (exact) mass is 343 g/mol. The van der Waals surface area contributed by atoms with E-state index in [1.54, 1.807) is 0 Å². The number of hydrogen-bond donors (Lipinski definition) is 1. The van der Waals surface area contributed by atoms with Crippen LogP contribution in [-0.4, -0.2) is 21.9 Å². The number of nitrogens with zero attached hydrogens (tertiary/aromatic N) is 2. The highest BCUT2D eigenvalue weighted by atomic mass is 79.9. The maximum Gasteiger partial charge on any atom is 0.0738 e. The average Bonchev–Trinajstić information content (AvgIpc) is 2.63. The minimum atomic E-state index is 0.185. The van der Waals surface area contributed by atoms with Crippen molar-refractivity contribution < 1.29 is 0 Å². The topological polar surface area (TPSA) is 29.9 Å². The van der Waals surface area contributed by atoms with Crippen LogP contribution in [0.1, 0.15) is 58.8 Å². The van der Waals surface area contributed by atoms with Gasteiger partial charge in [-0.1, -0.05) is 13.3 Å². The fourth-order valence-corrected chi connectivity index (χ4v) is 2.92.